The normalized spacial score (nSPS) is 9.71. The van der Waals surface area contributed by atoms with Crippen molar-refractivity contribution in [3.63, 3.8) is 0 Å². The predicted octanol–water partition coefficient (Wildman–Crippen LogP) is 22.0. The topological polar surface area (TPSA) is 0 Å². The van der Waals surface area contributed by atoms with Crippen LogP contribution in [-0.4, -0.2) is 0 Å². The van der Waals surface area contributed by atoms with E-state index in [2.05, 4.69) is 218 Å². The first-order valence-corrected chi connectivity index (χ1v) is 24.7. The van der Waals surface area contributed by atoms with E-state index in [0.29, 0.717) is 0 Å². The smallest absolute Gasteiger partial charge is 0.00264 e. The summed E-state index contributed by atoms with van der Waals surface area (Å²) >= 11 is 0. The van der Waals surface area contributed by atoms with Crippen LogP contribution in [0.15, 0.2) is 207 Å². The van der Waals surface area contributed by atoms with Gasteiger partial charge >= 0.3 is 0 Å². The Morgan fingerprint density at radius 1 is 0.439 bits per heavy atom. The van der Waals surface area contributed by atoms with Crippen LogP contribution in [0.2, 0.25) is 0 Å². The maximum Gasteiger partial charge on any atom is -0.00264 e. The van der Waals surface area contributed by atoms with E-state index >= 15 is 0 Å². The molecule has 0 aliphatic rings. The Hall–Kier alpha value is -6.24. The molecule has 0 atom stereocenters. The van der Waals surface area contributed by atoms with Crippen molar-refractivity contribution in [1.82, 2.24) is 0 Å². The fourth-order valence-electron chi connectivity index (χ4n) is 6.83. The molecule has 0 heteroatoms. The Morgan fingerprint density at radius 3 is 1.20 bits per heavy atom. The Labute approximate surface area is 406 Å². The zero-order valence-electron chi connectivity index (χ0n) is 44.6. The van der Waals surface area contributed by atoms with Gasteiger partial charge in [-0.3, -0.25) is 0 Å². The summed E-state index contributed by atoms with van der Waals surface area (Å²) < 4.78 is 0. The lowest BCUT2D eigenvalue weighted by Gasteiger charge is -2.17. The third-order valence-corrected chi connectivity index (χ3v) is 9.80. The maximum atomic E-state index is 3.86. The molecule has 0 nitrogen and oxygen atoms in total. The van der Waals surface area contributed by atoms with Crippen LogP contribution in [0.5, 0.6) is 0 Å². The van der Waals surface area contributed by atoms with Crippen LogP contribution in [0.4, 0.5) is 0 Å². The first-order chi connectivity index (χ1) is 32.4. The molecular formula is C66H88. The van der Waals surface area contributed by atoms with Gasteiger partial charge in [-0.25, -0.2) is 0 Å². The number of allylic oxidation sites excluding steroid dienone is 7. The highest BCUT2D eigenvalue weighted by molar-refractivity contribution is 6.21. The maximum absolute atomic E-state index is 3.86. The third-order valence-electron chi connectivity index (χ3n) is 9.80. The molecule has 0 bridgehead atoms. The predicted molar refractivity (Wildman–Crippen MR) is 309 cm³/mol. The van der Waals surface area contributed by atoms with Gasteiger partial charge in [-0.1, -0.05) is 265 Å². The highest BCUT2D eigenvalue weighted by Gasteiger charge is 2.16. The Bertz CT molecular complexity index is 2360. The fraction of sp³-hybridized carbons (Fsp3) is 0.273. The van der Waals surface area contributed by atoms with Crippen LogP contribution in [0.25, 0.3) is 60.5 Å². The summed E-state index contributed by atoms with van der Waals surface area (Å²) in [6, 6.07) is 54.6. The number of benzene rings is 7. The lowest BCUT2D eigenvalue weighted by molar-refractivity contribution is 1.27. The van der Waals surface area contributed by atoms with E-state index in [-0.39, 0.29) is 0 Å². The largest absolute Gasteiger partial charge is 0.106 e. The Balaban J connectivity index is 0. The standard InChI is InChI=1S/C33H28.C19H20.6C2H6.C2H4/c1-24(2)12-6-7-13-25-20-22-27(23-21-25)33-30-18-10-8-16-28(30)32(26-14-4-3-5-15-26)29-17-9-11-19-31(29)33;1-5-14(2)16(4)19-13-18(12-11-15(19)3)17-9-7-6-8-10-17;7*1-2/h3-12,14-23H,13H2,1-2H3;5-13H,1H2,2-4H3;6*1-2H3;1-2H2/b7-6-;16-14+;;;;;;;. The van der Waals surface area contributed by atoms with Gasteiger partial charge in [0.2, 0.25) is 0 Å². The van der Waals surface area contributed by atoms with E-state index in [4.69, 9.17) is 0 Å². The van der Waals surface area contributed by atoms with Crippen molar-refractivity contribution in [2.24, 2.45) is 0 Å². The molecule has 7 aromatic carbocycles. The molecule has 0 N–H and O–H groups in total. The Morgan fingerprint density at radius 2 is 0.803 bits per heavy atom. The second-order valence-corrected chi connectivity index (χ2v) is 13.7. The third kappa shape index (κ3) is 18.7. The summed E-state index contributed by atoms with van der Waals surface area (Å²) in [4.78, 5) is 0. The number of aryl methyl sites for hydroxylation is 1. The first-order valence-electron chi connectivity index (χ1n) is 24.7. The van der Waals surface area contributed by atoms with Gasteiger partial charge in [0, 0.05) is 0 Å². The number of hydrogen-bond acceptors (Lipinski definition) is 0. The van der Waals surface area contributed by atoms with Gasteiger partial charge in [0.1, 0.15) is 0 Å². The zero-order chi connectivity index (χ0) is 50.5. The van der Waals surface area contributed by atoms with Gasteiger partial charge in [0.25, 0.3) is 0 Å². The molecule has 0 fully saturated rings. The van der Waals surface area contributed by atoms with Crippen molar-refractivity contribution in [1.29, 1.82) is 0 Å². The molecule has 0 saturated heterocycles. The molecule has 0 amide bonds. The van der Waals surface area contributed by atoms with Crippen molar-refractivity contribution in [3.05, 3.63) is 224 Å². The minimum absolute atomic E-state index is 0.943. The monoisotopic (exact) mass is 881 g/mol. The van der Waals surface area contributed by atoms with Crippen LogP contribution in [0.1, 0.15) is 127 Å². The van der Waals surface area contributed by atoms with Gasteiger partial charge in [0.05, 0.1) is 0 Å². The van der Waals surface area contributed by atoms with E-state index in [1.54, 1.807) is 0 Å². The van der Waals surface area contributed by atoms with Crippen LogP contribution in [-0.2, 0) is 6.42 Å². The van der Waals surface area contributed by atoms with E-state index in [0.717, 1.165) is 6.42 Å². The van der Waals surface area contributed by atoms with Crippen molar-refractivity contribution in [3.8, 4) is 33.4 Å². The van der Waals surface area contributed by atoms with Crippen molar-refractivity contribution < 1.29 is 0 Å². The van der Waals surface area contributed by atoms with E-state index in [9.17, 15) is 0 Å². The number of hydrogen-bond donors (Lipinski definition) is 0. The van der Waals surface area contributed by atoms with Crippen molar-refractivity contribution in [2.45, 2.75) is 124 Å². The van der Waals surface area contributed by atoms with Crippen molar-refractivity contribution >= 4 is 27.1 Å². The van der Waals surface area contributed by atoms with Gasteiger partial charge in [-0.2, -0.15) is 0 Å². The highest BCUT2D eigenvalue weighted by atomic mass is 14.2. The molecule has 0 heterocycles. The second-order valence-electron chi connectivity index (χ2n) is 13.7. The quantitative estimate of drug-likeness (QED) is 0.0810. The van der Waals surface area contributed by atoms with E-state index in [1.165, 1.54) is 88.3 Å². The molecule has 7 aromatic rings. The van der Waals surface area contributed by atoms with Gasteiger partial charge in [-0.15, -0.1) is 13.2 Å². The van der Waals surface area contributed by atoms with Gasteiger partial charge < -0.3 is 0 Å². The Kier molecular flexibility index (Phi) is 35.7. The SMILES string of the molecule is C=C.C=C/C(C)=C(\C)c1cc(-c2ccccc2)ccc1C.CC.CC.CC.CC.CC.CC.CC(C)=C/C=C\Cc1ccc(-c2c3ccccc3c(-c3ccccc3)c3ccccc23)cc1. The molecule has 0 aliphatic heterocycles. The molecule has 0 aromatic heterocycles. The minimum Gasteiger partial charge on any atom is -0.106 e. The summed E-state index contributed by atoms with van der Waals surface area (Å²) in [5, 5.41) is 5.19. The number of fused-ring (bicyclic) bond motifs is 2. The molecular weight excluding hydrogens is 793 g/mol. The molecule has 66 heavy (non-hydrogen) atoms. The summed E-state index contributed by atoms with van der Waals surface area (Å²) in [5.41, 5.74) is 15.4. The molecule has 0 spiro atoms. The molecule has 352 valence electrons. The van der Waals surface area contributed by atoms with Gasteiger partial charge in [-0.05, 0) is 130 Å². The second kappa shape index (κ2) is 38.1. The molecule has 0 radical (unpaired) electrons. The highest BCUT2D eigenvalue weighted by Crippen LogP contribution is 2.43. The summed E-state index contributed by atoms with van der Waals surface area (Å²) in [6.45, 7) is 44.5. The van der Waals surface area contributed by atoms with Crippen molar-refractivity contribution in [2.75, 3.05) is 0 Å². The van der Waals surface area contributed by atoms with Gasteiger partial charge in [0.15, 0.2) is 0 Å². The van der Waals surface area contributed by atoms with E-state index in [1.807, 2.05) is 95.2 Å². The lowest BCUT2D eigenvalue weighted by Crippen LogP contribution is -1.91. The van der Waals surface area contributed by atoms with E-state index < -0.39 is 0 Å². The molecule has 0 aliphatic carbocycles. The van der Waals surface area contributed by atoms with Crippen LogP contribution >= 0.6 is 0 Å². The first kappa shape index (κ1) is 61.8. The van der Waals surface area contributed by atoms with Crippen LogP contribution < -0.4 is 0 Å². The zero-order valence-corrected chi connectivity index (χ0v) is 44.6. The van der Waals surface area contributed by atoms with Crippen LogP contribution in [0, 0.1) is 6.92 Å². The summed E-state index contributed by atoms with van der Waals surface area (Å²) in [5.74, 6) is 0. The summed E-state index contributed by atoms with van der Waals surface area (Å²) in [6.07, 6.45) is 9.39. The van der Waals surface area contributed by atoms with Crippen LogP contribution in [0.3, 0.4) is 0 Å². The fourth-order valence-corrected chi connectivity index (χ4v) is 6.83. The lowest BCUT2D eigenvalue weighted by atomic mass is 9.86. The average molecular weight is 881 g/mol. The molecule has 0 unspecified atom stereocenters. The average Bonchev–Trinajstić information content (AvgIpc) is 3.41. The molecule has 0 saturated carbocycles. The number of rotatable bonds is 8. The molecule has 7 rings (SSSR count). The minimum atomic E-state index is 0.943. The summed E-state index contributed by atoms with van der Waals surface area (Å²) in [7, 11) is 0.